The van der Waals surface area contributed by atoms with Gasteiger partial charge in [-0.1, -0.05) is 30.3 Å². The summed E-state index contributed by atoms with van der Waals surface area (Å²) in [6, 6.07) is 14.4. The third kappa shape index (κ3) is 3.32. The van der Waals surface area contributed by atoms with Crippen LogP contribution in [0.3, 0.4) is 0 Å². The van der Waals surface area contributed by atoms with Crippen molar-refractivity contribution in [3.8, 4) is 0 Å². The van der Waals surface area contributed by atoms with Gasteiger partial charge < -0.3 is 10.0 Å². The molecule has 0 amide bonds. The van der Waals surface area contributed by atoms with E-state index in [1.54, 1.807) is 19.1 Å². The lowest BCUT2D eigenvalue weighted by Crippen LogP contribution is -2.17. The van der Waals surface area contributed by atoms with Crippen LogP contribution in [0.25, 0.3) is 0 Å². The van der Waals surface area contributed by atoms with Crippen LogP contribution in [0.2, 0.25) is 0 Å². The first kappa shape index (κ1) is 13.6. The molecule has 0 unspecified atom stereocenters. The van der Waals surface area contributed by atoms with Gasteiger partial charge in [-0.3, -0.25) is 0 Å². The molecule has 2 aromatic rings. The molecule has 0 heterocycles. The van der Waals surface area contributed by atoms with Crippen molar-refractivity contribution >= 4 is 5.69 Å². The lowest BCUT2D eigenvalue weighted by molar-refractivity contribution is 0.199. The van der Waals surface area contributed by atoms with Crippen molar-refractivity contribution in [2.45, 2.75) is 19.6 Å². The van der Waals surface area contributed by atoms with E-state index in [2.05, 4.69) is 0 Å². The Hall–Kier alpha value is -1.87. The van der Waals surface area contributed by atoms with Crippen LogP contribution in [0.4, 0.5) is 10.1 Å². The Morgan fingerprint density at radius 1 is 1.11 bits per heavy atom. The summed E-state index contributed by atoms with van der Waals surface area (Å²) < 4.78 is 13.6. The molecule has 19 heavy (non-hydrogen) atoms. The second-order valence-electron chi connectivity index (χ2n) is 4.71. The number of nitrogens with zero attached hydrogens (tertiary/aromatic N) is 1. The van der Waals surface area contributed by atoms with Crippen LogP contribution in [-0.4, -0.2) is 12.2 Å². The zero-order chi connectivity index (χ0) is 13.8. The summed E-state index contributed by atoms with van der Waals surface area (Å²) in [5, 5.41) is 9.46. The molecule has 2 aromatic carbocycles. The maximum atomic E-state index is 13.6. The maximum Gasteiger partial charge on any atom is 0.128 e. The van der Waals surface area contributed by atoms with Crippen molar-refractivity contribution in [2.75, 3.05) is 11.9 Å². The van der Waals surface area contributed by atoms with Crippen molar-refractivity contribution in [1.29, 1.82) is 0 Å². The second kappa shape index (κ2) is 5.85. The number of halogens is 1. The minimum absolute atomic E-state index is 0.185. The first-order valence-corrected chi connectivity index (χ1v) is 6.30. The number of benzene rings is 2. The fourth-order valence-electron chi connectivity index (χ4n) is 1.98. The lowest BCUT2D eigenvalue weighted by Gasteiger charge is -2.20. The minimum atomic E-state index is -0.467. The molecule has 2 nitrogen and oxygen atoms in total. The van der Waals surface area contributed by atoms with Crippen LogP contribution in [0, 0.1) is 5.82 Å². The number of hydrogen-bond donors (Lipinski definition) is 1. The topological polar surface area (TPSA) is 23.5 Å². The molecule has 0 fully saturated rings. The van der Waals surface area contributed by atoms with Gasteiger partial charge in [0, 0.05) is 24.8 Å². The molecule has 3 heteroatoms. The van der Waals surface area contributed by atoms with E-state index in [4.69, 9.17) is 0 Å². The third-order valence-corrected chi connectivity index (χ3v) is 3.18. The normalized spacial score (nSPS) is 12.2. The summed E-state index contributed by atoms with van der Waals surface area (Å²) in [4.78, 5) is 1.98. The molecule has 0 saturated heterocycles. The Morgan fingerprint density at radius 2 is 1.74 bits per heavy atom. The van der Waals surface area contributed by atoms with E-state index < -0.39 is 6.10 Å². The van der Waals surface area contributed by atoms with Crippen molar-refractivity contribution in [2.24, 2.45) is 0 Å². The summed E-state index contributed by atoms with van der Waals surface area (Å²) in [6.07, 6.45) is -0.467. The second-order valence-corrected chi connectivity index (χ2v) is 4.71. The fourth-order valence-corrected chi connectivity index (χ4v) is 1.98. The van der Waals surface area contributed by atoms with E-state index in [1.165, 1.54) is 6.07 Å². The zero-order valence-electron chi connectivity index (χ0n) is 11.2. The van der Waals surface area contributed by atoms with E-state index in [9.17, 15) is 9.50 Å². The highest BCUT2D eigenvalue weighted by atomic mass is 19.1. The van der Waals surface area contributed by atoms with Crippen molar-refractivity contribution in [1.82, 2.24) is 0 Å². The largest absolute Gasteiger partial charge is 0.389 e. The maximum absolute atomic E-state index is 13.6. The monoisotopic (exact) mass is 259 g/mol. The predicted molar refractivity (Wildman–Crippen MR) is 75.6 cm³/mol. The summed E-state index contributed by atoms with van der Waals surface area (Å²) in [5.41, 5.74) is 2.54. The van der Waals surface area contributed by atoms with Gasteiger partial charge in [0.2, 0.25) is 0 Å². The number of rotatable bonds is 4. The van der Waals surface area contributed by atoms with Crippen LogP contribution in [0.15, 0.2) is 48.5 Å². The van der Waals surface area contributed by atoms with E-state index in [0.29, 0.717) is 12.1 Å². The van der Waals surface area contributed by atoms with Gasteiger partial charge in [-0.05, 0) is 30.7 Å². The molecule has 0 aliphatic rings. The van der Waals surface area contributed by atoms with Crippen LogP contribution >= 0.6 is 0 Å². The third-order valence-electron chi connectivity index (χ3n) is 3.18. The quantitative estimate of drug-likeness (QED) is 0.908. The highest BCUT2D eigenvalue weighted by molar-refractivity contribution is 5.47. The summed E-state index contributed by atoms with van der Waals surface area (Å²) >= 11 is 0. The number of anilines is 1. The van der Waals surface area contributed by atoms with Gasteiger partial charge in [-0.2, -0.15) is 0 Å². The van der Waals surface area contributed by atoms with Crippen LogP contribution in [-0.2, 0) is 6.54 Å². The van der Waals surface area contributed by atoms with Gasteiger partial charge >= 0.3 is 0 Å². The summed E-state index contributed by atoms with van der Waals surface area (Å²) in [5.74, 6) is -0.185. The lowest BCUT2D eigenvalue weighted by atomic mass is 10.1. The van der Waals surface area contributed by atoms with E-state index in [1.807, 2.05) is 42.3 Å². The summed E-state index contributed by atoms with van der Waals surface area (Å²) in [7, 11) is 1.92. The molecule has 0 saturated carbocycles. The number of hydrogen-bond acceptors (Lipinski definition) is 2. The van der Waals surface area contributed by atoms with Crippen molar-refractivity contribution in [3.05, 3.63) is 65.5 Å². The first-order valence-electron chi connectivity index (χ1n) is 6.30. The molecular formula is C16H18FNO. The SMILES string of the molecule is C[C@H](O)c1ccc(N(C)Cc2ccccc2F)cc1. The molecule has 1 atom stereocenters. The Kier molecular flexibility index (Phi) is 4.17. The van der Waals surface area contributed by atoms with Crippen molar-refractivity contribution < 1.29 is 9.50 Å². The van der Waals surface area contributed by atoms with Gasteiger partial charge in [0.05, 0.1) is 6.10 Å². The molecule has 100 valence electrons. The average Bonchev–Trinajstić information content (AvgIpc) is 2.41. The van der Waals surface area contributed by atoms with Crippen LogP contribution in [0.1, 0.15) is 24.2 Å². The first-order chi connectivity index (χ1) is 9.08. The molecule has 0 aliphatic carbocycles. The van der Waals surface area contributed by atoms with Crippen LogP contribution < -0.4 is 4.90 Å². The standard InChI is InChI=1S/C16H18FNO/c1-12(19)13-7-9-15(10-8-13)18(2)11-14-5-3-4-6-16(14)17/h3-10,12,19H,11H2,1-2H3/t12-/m0/s1. The number of aliphatic hydroxyl groups excluding tert-OH is 1. The molecule has 0 aromatic heterocycles. The molecule has 2 rings (SSSR count). The molecular weight excluding hydrogens is 241 g/mol. The number of aliphatic hydroxyl groups is 1. The van der Waals surface area contributed by atoms with Gasteiger partial charge in [-0.25, -0.2) is 4.39 Å². The molecule has 0 radical (unpaired) electrons. The Morgan fingerprint density at radius 3 is 2.32 bits per heavy atom. The van der Waals surface area contributed by atoms with Gasteiger partial charge in [0.1, 0.15) is 5.82 Å². The van der Waals surface area contributed by atoms with Gasteiger partial charge in [0.25, 0.3) is 0 Å². The Labute approximate surface area is 113 Å². The average molecular weight is 259 g/mol. The van der Waals surface area contributed by atoms with Gasteiger partial charge in [0.15, 0.2) is 0 Å². The van der Waals surface area contributed by atoms with Crippen molar-refractivity contribution in [3.63, 3.8) is 0 Å². The molecule has 0 aliphatic heterocycles. The molecule has 1 N–H and O–H groups in total. The highest BCUT2D eigenvalue weighted by Crippen LogP contribution is 2.20. The predicted octanol–water partition coefficient (Wildman–Crippen LogP) is 3.52. The Balaban J connectivity index is 2.12. The molecule has 0 spiro atoms. The smallest absolute Gasteiger partial charge is 0.128 e. The van der Waals surface area contributed by atoms with E-state index in [-0.39, 0.29) is 5.82 Å². The van der Waals surface area contributed by atoms with E-state index in [0.717, 1.165) is 11.3 Å². The zero-order valence-corrected chi connectivity index (χ0v) is 11.2. The highest BCUT2D eigenvalue weighted by Gasteiger charge is 2.07. The fraction of sp³-hybridized carbons (Fsp3) is 0.250. The minimum Gasteiger partial charge on any atom is -0.389 e. The Bertz CT molecular complexity index is 537. The van der Waals surface area contributed by atoms with Gasteiger partial charge in [-0.15, -0.1) is 0 Å². The summed E-state index contributed by atoms with van der Waals surface area (Å²) in [6.45, 7) is 2.25. The van der Waals surface area contributed by atoms with E-state index >= 15 is 0 Å². The molecule has 0 bridgehead atoms. The van der Waals surface area contributed by atoms with Crippen LogP contribution in [0.5, 0.6) is 0 Å².